The fourth-order valence-corrected chi connectivity index (χ4v) is 4.87. The SMILES string of the molecule is C=C1CCN([C@@H](C)COc2ccc(C3Oc4cc(O)ccc4C(C)=C3c3ccc(O)cc3)cc2)C1. The third-order valence-corrected chi connectivity index (χ3v) is 6.94. The van der Waals surface area contributed by atoms with Gasteiger partial charge in [-0.1, -0.05) is 36.4 Å². The summed E-state index contributed by atoms with van der Waals surface area (Å²) in [4.78, 5) is 2.40. The molecule has 1 fully saturated rings. The van der Waals surface area contributed by atoms with Crippen LogP contribution in [0.3, 0.4) is 0 Å². The molecule has 0 radical (unpaired) electrons. The fourth-order valence-electron chi connectivity index (χ4n) is 4.87. The van der Waals surface area contributed by atoms with Gasteiger partial charge in [0.15, 0.2) is 0 Å². The Morgan fingerprint density at radius 2 is 1.74 bits per heavy atom. The zero-order chi connectivity index (χ0) is 24.5. The maximum atomic E-state index is 10.0. The molecule has 180 valence electrons. The van der Waals surface area contributed by atoms with Crippen molar-refractivity contribution in [2.45, 2.75) is 32.4 Å². The number of hydrogen-bond donors (Lipinski definition) is 2. The van der Waals surface area contributed by atoms with Crippen LogP contribution in [0.1, 0.15) is 43.1 Å². The standard InChI is InChI=1S/C30H31NO4/c1-19-14-15-31(17-19)20(2)18-34-26-11-6-23(7-12-26)30-29(22-4-8-24(32)9-5-22)21(3)27-13-10-25(33)16-28(27)35-30/h4-13,16,20,30,32-33H,1,14-15,17-18H2,2-3H3/t20-,30?/m0/s1. The molecule has 0 spiro atoms. The van der Waals surface area contributed by atoms with E-state index in [0.717, 1.165) is 53.1 Å². The molecule has 0 aliphatic carbocycles. The number of benzene rings is 3. The van der Waals surface area contributed by atoms with Gasteiger partial charge < -0.3 is 19.7 Å². The van der Waals surface area contributed by atoms with E-state index in [1.54, 1.807) is 24.3 Å². The van der Waals surface area contributed by atoms with Gasteiger partial charge in [-0.25, -0.2) is 0 Å². The summed E-state index contributed by atoms with van der Waals surface area (Å²) in [5, 5.41) is 19.8. The van der Waals surface area contributed by atoms with E-state index in [4.69, 9.17) is 9.47 Å². The molecule has 2 aliphatic rings. The maximum absolute atomic E-state index is 10.0. The van der Waals surface area contributed by atoms with Crippen LogP contribution >= 0.6 is 0 Å². The summed E-state index contributed by atoms with van der Waals surface area (Å²) in [6, 6.07) is 20.7. The van der Waals surface area contributed by atoms with E-state index in [9.17, 15) is 10.2 Å². The number of phenolic OH excluding ortho intramolecular Hbond substituents is 2. The lowest BCUT2D eigenvalue weighted by atomic mass is 9.86. The van der Waals surface area contributed by atoms with E-state index in [2.05, 4.69) is 25.3 Å². The molecule has 0 saturated carbocycles. The second-order valence-corrected chi connectivity index (χ2v) is 9.46. The quantitative estimate of drug-likeness (QED) is 0.422. The van der Waals surface area contributed by atoms with Gasteiger partial charge in [0.2, 0.25) is 0 Å². The highest BCUT2D eigenvalue weighted by Gasteiger charge is 2.29. The smallest absolute Gasteiger partial charge is 0.150 e. The van der Waals surface area contributed by atoms with Crippen LogP contribution in [0.2, 0.25) is 0 Å². The molecule has 1 unspecified atom stereocenters. The van der Waals surface area contributed by atoms with Crippen LogP contribution < -0.4 is 9.47 Å². The molecule has 3 aromatic rings. The molecule has 2 atom stereocenters. The normalized spacial score (nSPS) is 18.8. The number of allylic oxidation sites excluding steroid dienone is 1. The van der Waals surface area contributed by atoms with Crippen LogP contribution in [0.5, 0.6) is 23.0 Å². The molecule has 0 amide bonds. The minimum atomic E-state index is -0.363. The minimum Gasteiger partial charge on any atom is -0.508 e. The Morgan fingerprint density at radius 1 is 1.03 bits per heavy atom. The van der Waals surface area contributed by atoms with Crippen molar-refractivity contribution in [2.24, 2.45) is 0 Å². The largest absolute Gasteiger partial charge is 0.508 e. The Hall–Kier alpha value is -3.70. The minimum absolute atomic E-state index is 0.169. The van der Waals surface area contributed by atoms with E-state index in [-0.39, 0.29) is 17.6 Å². The van der Waals surface area contributed by atoms with Crippen LogP contribution in [0, 0.1) is 0 Å². The Kier molecular flexibility index (Phi) is 6.27. The molecule has 2 heterocycles. The average Bonchev–Trinajstić information content (AvgIpc) is 3.30. The number of fused-ring (bicyclic) bond motifs is 1. The third kappa shape index (κ3) is 4.77. The first kappa shape index (κ1) is 23.1. The second-order valence-electron chi connectivity index (χ2n) is 9.46. The predicted molar refractivity (Wildman–Crippen MR) is 139 cm³/mol. The summed E-state index contributed by atoms with van der Waals surface area (Å²) in [6.45, 7) is 11.0. The summed E-state index contributed by atoms with van der Waals surface area (Å²) in [7, 11) is 0. The molecule has 2 N–H and O–H groups in total. The Balaban J connectivity index is 1.40. The van der Waals surface area contributed by atoms with Gasteiger partial charge in [-0.15, -0.1) is 0 Å². The highest BCUT2D eigenvalue weighted by atomic mass is 16.5. The van der Waals surface area contributed by atoms with Crippen molar-refractivity contribution in [2.75, 3.05) is 19.7 Å². The summed E-state index contributed by atoms with van der Waals surface area (Å²) < 4.78 is 12.5. The van der Waals surface area contributed by atoms with Crippen LogP contribution in [-0.2, 0) is 0 Å². The van der Waals surface area contributed by atoms with Crippen LogP contribution in [-0.4, -0.2) is 40.9 Å². The van der Waals surface area contributed by atoms with Crippen molar-refractivity contribution < 1.29 is 19.7 Å². The van der Waals surface area contributed by atoms with Crippen molar-refractivity contribution in [1.29, 1.82) is 0 Å². The highest BCUT2D eigenvalue weighted by Crippen LogP contribution is 2.47. The van der Waals surface area contributed by atoms with E-state index in [1.807, 2.05) is 42.5 Å². The summed E-state index contributed by atoms with van der Waals surface area (Å²) >= 11 is 0. The van der Waals surface area contributed by atoms with Crippen molar-refractivity contribution in [3.63, 3.8) is 0 Å². The molecule has 5 rings (SSSR count). The molecule has 0 aromatic heterocycles. The zero-order valence-corrected chi connectivity index (χ0v) is 20.2. The molecule has 5 heteroatoms. The maximum Gasteiger partial charge on any atom is 0.150 e. The average molecular weight is 470 g/mol. The summed E-state index contributed by atoms with van der Waals surface area (Å²) in [6.07, 6.45) is 0.704. The van der Waals surface area contributed by atoms with Gasteiger partial charge in [-0.3, -0.25) is 4.90 Å². The topological polar surface area (TPSA) is 62.2 Å². The lowest BCUT2D eigenvalue weighted by Crippen LogP contribution is -2.34. The Morgan fingerprint density at radius 3 is 2.43 bits per heavy atom. The lowest BCUT2D eigenvalue weighted by Gasteiger charge is -2.31. The van der Waals surface area contributed by atoms with Gasteiger partial charge in [-0.05, 0) is 73.4 Å². The molecule has 5 nitrogen and oxygen atoms in total. The predicted octanol–water partition coefficient (Wildman–Crippen LogP) is 6.19. The van der Waals surface area contributed by atoms with Gasteiger partial charge in [0, 0.05) is 36.3 Å². The van der Waals surface area contributed by atoms with Gasteiger partial charge in [0.25, 0.3) is 0 Å². The van der Waals surface area contributed by atoms with Crippen LogP contribution in [0.25, 0.3) is 11.1 Å². The van der Waals surface area contributed by atoms with Crippen molar-refractivity contribution in [1.82, 2.24) is 4.90 Å². The molecule has 1 saturated heterocycles. The Bertz CT molecular complexity index is 1260. The fraction of sp³-hybridized carbons (Fsp3) is 0.267. The van der Waals surface area contributed by atoms with Gasteiger partial charge >= 0.3 is 0 Å². The number of likely N-dealkylation sites (tertiary alicyclic amines) is 1. The van der Waals surface area contributed by atoms with E-state index in [0.29, 0.717) is 18.4 Å². The molecule has 35 heavy (non-hydrogen) atoms. The first-order chi connectivity index (χ1) is 16.9. The van der Waals surface area contributed by atoms with E-state index < -0.39 is 0 Å². The monoisotopic (exact) mass is 469 g/mol. The van der Waals surface area contributed by atoms with E-state index in [1.165, 1.54) is 5.57 Å². The number of aromatic hydroxyl groups is 2. The summed E-state index contributed by atoms with van der Waals surface area (Å²) in [5.41, 5.74) is 6.29. The van der Waals surface area contributed by atoms with Crippen molar-refractivity contribution in [3.05, 3.63) is 95.6 Å². The first-order valence-electron chi connectivity index (χ1n) is 12.0. The number of nitrogens with zero attached hydrogens (tertiary/aromatic N) is 1. The van der Waals surface area contributed by atoms with Crippen LogP contribution in [0.4, 0.5) is 0 Å². The highest BCUT2D eigenvalue weighted by molar-refractivity contribution is 5.95. The van der Waals surface area contributed by atoms with Crippen LogP contribution in [0.15, 0.2) is 78.9 Å². The van der Waals surface area contributed by atoms with Gasteiger partial charge in [-0.2, -0.15) is 0 Å². The Labute approximate surface area is 206 Å². The third-order valence-electron chi connectivity index (χ3n) is 6.94. The molecular weight excluding hydrogens is 438 g/mol. The summed E-state index contributed by atoms with van der Waals surface area (Å²) in [5.74, 6) is 1.86. The molecule has 2 aliphatic heterocycles. The molecule has 0 bridgehead atoms. The zero-order valence-electron chi connectivity index (χ0n) is 20.2. The number of phenols is 2. The molecular formula is C30H31NO4. The van der Waals surface area contributed by atoms with E-state index >= 15 is 0 Å². The van der Waals surface area contributed by atoms with Crippen molar-refractivity contribution in [3.8, 4) is 23.0 Å². The number of rotatable bonds is 6. The van der Waals surface area contributed by atoms with Gasteiger partial charge in [0.05, 0.1) is 0 Å². The molecule has 3 aromatic carbocycles. The first-order valence-corrected chi connectivity index (χ1v) is 12.0. The van der Waals surface area contributed by atoms with Crippen molar-refractivity contribution >= 4 is 11.1 Å². The lowest BCUT2D eigenvalue weighted by molar-refractivity contribution is 0.175. The second kappa shape index (κ2) is 9.51. The number of hydrogen-bond acceptors (Lipinski definition) is 5. The number of ether oxygens (including phenoxy) is 2. The van der Waals surface area contributed by atoms with Gasteiger partial charge in [0.1, 0.15) is 35.7 Å².